The Morgan fingerprint density at radius 2 is 1.48 bits per heavy atom. The Hall–Kier alpha value is -1.02. The molecule has 2 nitrogen and oxygen atoms in total. The van der Waals surface area contributed by atoms with E-state index in [1.54, 1.807) is 6.08 Å². The lowest BCUT2D eigenvalue weighted by Gasteiger charge is -2.35. The van der Waals surface area contributed by atoms with E-state index in [1.807, 2.05) is 26.0 Å². The molecule has 31 heavy (non-hydrogen) atoms. The van der Waals surface area contributed by atoms with Gasteiger partial charge in [-0.15, -0.1) is 0 Å². The Labute approximate surface area is 180 Å². The van der Waals surface area contributed by atoms with Crippen LogP contribution in [0, 0.1) is 35.5 Å². The van der Waals surface area contributed by atoms with Crippen LogP contribution < -0.4 is 0 Å². The number of aliphatic hydroxyl groups excluding tert-OH is 1. The number of hydrogen-bond acceptors (Lipinski definition) is 2. The molecule has 0 heterocycles. The van der Waals surface area contributed by atoms with Gasteiger partial charge in [0.05, 0.1) is 0 Å². The number of aliphatic hydroxyl groups is 2. The van der Waals surface area contributed by atoms with Gasteiger partial charge in [-0.1, -0.05) is 31.2 Å². The van der Waals surface area contributed by atoms with Crippen LogP contribution in [0.4, 0.5) is 26.3 Å². The van der Waals surface area contributed by atoms with Crippen molar-refractivity contribution in [1.82, 2.24) is 0 Å². The fourth-order valence-electron chi connectivity index (χ4n) is 5.58. The van der Waals surface area contributed by atoms with Gasteiger partial charge in [-0.3, -0.25) is 0 Å². The summed E-state index contributed by atoms with van der Waals surface area (Å²) in [6.45, 7) is 3.90. The van der Waals surface area contributed by atoms with Gasteiger partial charge in [0.15, 0.2) is 0 Å². The standard InChI is InChI=1S/C23H34F6O2/c1-3-5-17-12-16(13-19(17)8-9-30)6-4-7-18-10-15(2)11-20(18)14-21(31,22(24,25)26)23(27,28)29/h3-5,7,15-20,30-31H,6,8-14H2,1-2H3/b5-3+,7-4+. The first-order chi connectivity index (χ1) is 14.3. The zero-order chi connectivity index (χ0) is 23.4. The molecule has 2 saturated carbocycles. The van der Waals surface area contributed by atoms with E-state index >= 15 is 0 Å². The molecule has 2 aliphatic rings. The third kappa shape index (κ3) is 6.28. The Balaban J connectivity index is 2.04. The SMILES string of the molecule is C/C=C/C1CC(C/C=C/C2CC(C)CC2CC(O)(C(F)(F)F)C(F)(F)F)CC1CCO. The van der Waals surface area contributed by atoms with Crippen LogP contribution in [-0.2, 0) is 0 Å². The van der Waals surface area contributed by atoms with Crippen LogP contribution in [0.15, 0.2) is 24.3 Å². The normalized spacial score (nSPS) is 33.2. The second-order valence-corrected chi connectivity index (χ2v) is 9.52. The molecule has 0 bridgehead atoms. The van der Waals surface area contributed by atoms with Crippen molar-refractivity contribution in [3.05, 3.63) is 24.3 Å². The van der Waals surface area contributed by atoms with Crippen LogP contribution in [0.5, 0.6) is 0 Å². The summed E-state index contributed by atoms with van der Waals surface area (Å²) in [5.41, 5.74) is -4.68. The number of alkyl halides is 6. The van der Waals surface area contributed by atoms with Crippen molar-refractivity contribution >= 4 is 0 Å². The number of halogens is 6. The van der Waals surface area contributed by atoms with Crippen LogP contribution in [0.1, 0.15) is 58.8 Å². The highest BCUT2D eigenvalue weighted by Crippen LogP contribution is 2.51. The van der Waals surface area contributed by atoms with Crippen LogP contribution >= 0.6 is 0 Å². The van der Waals surface area contributed by atoms with E-state index < -0.39 is 36.2 Å². The van der Waals surface area contributed by atoms with E-state index in [9.17, 15) is 36.6 Å². The fraction of sp³-hybridized carbons (Fsp3) is 0.826. The van der Waals surface area contributed by atoms with Crippen LogP contribution in [0.25, 0.3) is 0 Å². The minimum Gasteiger partial charge on any atom is -0.396 e. The van der Waals surface area contributed by atoms with Crippen molar-refractivity contribution in [3.63, 3.8) is 0 Å². The van der Waals surface area contributed by atoms with Crippen molar-refractivity contribution in [3.8, 4) is 0 Å². The van der Waals surface area contributed by atoms with Gasteiger partial charge >= 0.3 is 12.4 Å². The molecular weight excluding hydrogens is 422 g/mol. The van der Waals surface area contributed by atoms with Crippen molar-refractivity contribution in [2.24, 2.45) is 35.5 Å². The minimum atomic E-state index is -5.77. The summed E-state index contributed by atoms with van der Waals surface area (Å²) in [5, 5.41) is 18.9. The first kappa shape index (κ1) is 26.2. The lowest BCUT2D eigenvalue weighted by atomic mass is 9.82. The van der Waals surface area contributed by atoms with E-state index in [2.05, 4.69) is 6.08 Å². The second-order valence-electron chi connectivity index (χ2n) is 9.52. The quantitative estimate of drug-likeness (QED) is 0.326. The zero-order valence-electron chi connectivity index (χ0n) is 18.1. The van der Waals surface area contributed by atoms with E-state index in [0.29, 0.717) is 24.2 Å². The third-order valence-corrected chi connectivity index (χ3v) is 7.12. The number of rotatable bonds is 8. The lowest BCUT2D eigenvalue weighted by Crippen LogP contribution is -2.57. The summed E-state index contributed by atoms with van der Waals surface area (Å²) >= 11 is 0. The maximum Gasteiger partial charge on any atom is 0.426 e. The highest BCUT2D eigenvalue weighted by atomic mass is 19.4. The lowest BCUT2D eigenvalue weighted by molar-refractivity contribution is -0.373. The fourth-order valence-corrected chi connectivity index (χ4v) is 5.58. The van der Waals surface area contributed by atoms with E-state index in [-0.39, 0.29) is 18.9 Å². The maximum atomic E-state index is 13.1. The number of hydrogen-bond donors (Lipinski definition) is 2. The molecule has 180 valence electrons. The highest BCUT2D eigenvalue weighted by Gasteiger charge is 2.70. The van der Waals surface area contributed by atoms with Gasteiger partial charge in [0.1, 0.15) is 0 Å². The minimum absolute atomic E-state index is 0.00449. The van der Waals surface area contributed by atoms with Crippen molar-refractivity contribution < 1.29 is 36.6 Å². The first-order valence-corrected chi connectivity index (χ1v) is 11.1. The Morgan fingerprint density at radius 1 is 0.871 bits per heavy atom. The summed E-state index contributed by atoms with van der Waals surface area (Å²) in [6.07, 6.45) is -0.962. The maximum absolute atomic E-state index is 13.1. The molecule has 2 fully saturated rings. The molecule has 2 rings (SSSR count). The van der Waals surface area contributed by atoms with Crippen molar-refractivity contribution in [2.45, 2.75) is 76.7 Å². The summed E-state index contributed by atoms with van der Waals surface area (Å²) in [7, 11) is 0. The largest absolute Gasteiger partial charge is 0.426 e. The molecule has 0 aromatic carbocycles. The smallest absolute Gasteiger partial charge is 0.396 e. The highest BCUT2D eigenvalue weighted by molar-refractivity contribution is 5.04. The monoisotopic (exact) mass is 456 g/mol. The van der Waals surface area contributed by atoms with Crippen LogP contribution in [-0.4, -0.2) is 34.8 Å². The zero-order valence-corrected chi connectivity index (χ0v) is 18.1. The van der Waals surface area contributed by atoms with E-state index in [0.717, 1.165) is 25.7 Å². The molecule has 0 saturated heterocycles. The molecule has 0 amide bonds. The van der Waals surface area contributed by atoms with Crippen molar-refractivity contribution in [1.29, 1.82) is 0 Å². The van der Waals surface area contributed by atoms with Gasteiger partial charge in [-0.2, -0.15) is 26.3 Å². The first-order valence-electron chi connectivity index (χ1n) is 11.1. The van der Waals surface area contributed by atoms with Gasteiger partial charge in [-0.05, 0) is 87.4 Å². The summed E-state index contributed by atoms with van der Waals surface area (Å²) < 4.78 is 78.7. The second kappa shape index (κ2) is 10.3. The third-order valence-electron chi connectivity index (χ3n) is 7.12. The molecule has 8 heteroatoms. The molecule has 2 N–H and O–H groups in total. The van der Waals surface area contributed by atoms with Gasteiger partial charge in [0.2, 0.25) is 0 Å². The van der Waals surface area contributed by atoms with Gasteiger partial charge in [0.25, 0.3) is 5.60 Å². The molecule has 0 aliphatic heterocycles. The average Bonchev–Trinajstić information content (AvgIpc) is 3.17. The summed E-state index contributed by atoms with van der Waals surface area (Å²) in [6, 6.07) is 0. The van der Waals surface area contributed by atoms with E-state index in [1.165, 1.54) is 0 Å². The Morgan fingerprint density at radius 3 is 2.03 bits per heavy atom. The van der Waals surface area contributed by atoms with Gasteiger partial charge in [-0.25, -0.2) is 0 Å². The number of allylic oxidation sites excluding steroid dienone is 4. The van der Waals surface area contributed by atoms with Crippen LogP contribution in [0.3, 0.4) is 0 Å². The van der Waals surface area contributed by atoms with Gasteiger partial charge < -0.3 is 10.2 Å². The molecule has 0 radical (unpaired) electrons. The molecular formula is C23H34F6O2. The van der Waals surface area contributed by atoms with Crippen LogP contribution in [0.2, 0.25) is 0 Å². The predicted octanol–water partition coefficient (Wildman–Crippen LogP) is 6.44. The summed E-state index contributed by atoms with van der Waals surface area (Å²) in [4.78, 5) is 0. The van der Waals surface area contributed by atoms with Gasteiger partial charge in [0, 0.05) is 6.61 Å². The summed E-state index contributed by atoms with van der Waals surface area (Å²) in [5.74, 6) is -0.109. The topological polar surface area (TPSA) is 40.5 Å². The molecule has 0 spiro atoms. The molecule has 2 aliphatic carbocycles. The molecule has 6 unspecified atom stereocenters. The Bertz CT molecular complexity index is 611. The molecule has 0 aromatic heterocycles. The Kier molecular flexibility index (Phi) is 8.70. The predicted molar refractivity (Wildman–Crippen MR) is 107 cm³/mol. The van der Waals surface area contributed by atoms with E-state index in [4.69, 9.17) is 0 Å². The molecule has 0 aromatic rings. The van der Waals surface area contributed by atoms with Crippen molar-refractivity contribution in [2.75, 3.05) is 6.61 Å². The molecule has 6 atom stereocenters. The average molecular weight is 457 g/mol.